The lowest BCUT2D eigenvalue weighted by Crippen LogP contribution is -2.52. The summed E-state index contributed by atoms with van der Waals surface area (Å²) in [5.74, 6) is -0.153. The molecule has 0 saturated heterocycles. The van der Waals surface area contributed by atoms with E-state index in [1.165, 1.54) is 30.2 Å². The van der Waals surface area contributed by atoms with E-state index in [1.807, 2.05) is 44.2 Å². The first-order chi connectivity index (χ1) is 16.4. The summed E-state index contributed by atoms with van der Waals surface area (Å²) in [4.78, 5) is 27.7. The molecule has 35 heavy (non-hydrogen) atoms. The van der Waals surface area contributed by atoms with Gasteiger partial charge in [-0.1, -0.05) is 55.8 Å². The van der Waals surface area contributed by atoms with E-state index < -0.39 is 28.5 Å². The number of sulfonamides is 1. The minimum absolute atomic E-state index is 0.216. The Kier molecular flexibility index (Phi) is 10.4. The highest BCUT2D eigenvalue weighted by molar-refractivity contribution is 7.92. The summed E-state index contributed by atoms with van der Waals surface area (Å²) in [5.41, 5.74) is 1.23. The summed E-state index contributed by atoms with van der Waals surface area (Å²) in [7, 11) is -2.38. The SMILES string of the molecule is COc1ccc(N(CC(=O)N(CCc2ccccc2)[C@@H](C)C(=O)NCC(C)C)S(C)(=O)=O)cc1Cl. The highest BCUT2D eigenvalue weighted by atomic mass is 35.5. The Morgan fingerprint density at radius 1 is 1.09 bits per heavy atom. The largest absolute Gasteiger partial charge is 0.495 e. The van der Waals surface area contributed by atoms with Crippen LogP contribution in [0.3, 0.4) is 0 Å². The number of carbonyl (C=O) groups is 2. The van der Waals surface area contributed by atoms with E-state index in [0.29, 0.717) is 18.7 Å². The molecule has 0 heterocycles. The van der Waals surface area contributed by atoms with Crippen molar-refractivity contribution < 1.29 is 22.7 Å². The zero-order valence-electron chi connectivity index (χ0n) is 20.8. The van der Waals surface area contributed by atoms with Crippen LogP contribution in [-0.2, 0) is 26.0 Å². The van der Waals surface area contributed by atoms with Crippen LogP contribution in [0.2, 0.25) is 5.02 Å². The fraction of sp³-hybridized carbons (Fsp3) is 0.440. The summed E-state index contributed by atoms with van der Waals surface area (Å²) in [6.07, 6.45) is 1.53. The molecule has 0 spiro atoms. The molecule has 2 amide bonds. The van der Waals surface area contributed by atoms with Gasteiger partial charge in [-0.05, 0) is 43.0 Å². The average molecular weight is 524 g/mol. The van der Waals surface area contributed by atoms with Crippen molar-refractivity contribution in [2.24, 2.45) is 5.92 Å². The molecule has 8 nitrogen and oxygen atoms in total. The number of nitrogens with one attached hydrogen (secondary N) is 1. The predicted molar refractivity (Wildman–Crippen MR) is 139 cm³/mol. The molecule has 0 bridgehead atoms. The lowest BCUT2D eigenvalue weighted by atomic mass is 10.1. The topological polar surface area (TPSA) is 96.0 Å². The summed E-state index contributed by atoms with van der Waals surface area (Å²) < 4.78 is 31.4. The lowest BCUT2D eigenvalue weighted by Gasteiger charge is -2.31. The van der Waals surface area contributed by atoms with E-state index in [1.54, 1.807) is 6.92 Å². The van der Waals surface area contributed by atoms with Crippen LogP contribution in [-0.4, -0.2) is 64.2 Å². The summed E-state index contributed by atoms with van der Waals surface area (Å²) in [5, 5.41) is 3.07. The first-order valence-electron chi connectivity index (χ1n) is 11.4. The minimum Gasteiger partial charge on any atom is -0.495 e. The second kappa shape index (κ2) is 12.8. The van der Waals surface area contributed by atoms with Crippen LogP contribution in [0.25, 0.3) is 0 Å². The smallest absolute Gasteiger partial charge is 0.244 e. The van der Waals surface area contributed by atoms with Crippen LogP contribution in [0.1, 0.15) is 26.3 Å². The van der Waals surface area contributed by atoms with Gasteiger partial charge in [-0.25, -0.2) is 8.42 Å². The second-order valence-corrected chi connectivity index (χ2v) is 11.0. The zero-order chi connectivity index (χ0) is 26.2. The average Bonchev–Trinajstić information content (AvgIpc) is 2.80. The molecule has 1 atom stereocenters. The third-order valence-corrected chi connectivity index (χ3v) is 6.87. The first kappa shape index (κ1) is 28.5. The van der Waals surface area contributed by atoms with Crippen molar-refractivity contribution in [2.45, 2.75) is 33.2 Å². The number of hydrogen-bond acceptors (Lipinski definition) is 5. The number of rotatable bonds is 12. The molecule has 0 aliphatic carbocycles. The van der Waals surface area contributed by atoms with Crippen LogP contribution in [0.5, 0.6) is 5.75 Å². The number of halogens is 1. The van der Waals surface area contributed by atoms with Crippen molar-refractivity contribution in [1.82, 2.24) is 10.2 Å². The number of anilines is 1. The van der Waals surface area contributed by atoms with Crippen LogP contribution < -0.4 is 14.4 Å². The number of carbonyl (C=O) groups excluding carboxylic acids is 2. The van der Waals surface area contributed by atoms with E-state index in [4.69, 9.17) is 16.3 Å². The summed E-state index contributed by atoms with van der Waals surface area (Å²) in [6, 6.07) is 13.3. The molecule has 2 rings (SSSR count). The Morgan fingerprint density at radius 3 is 2.29 bits per heavy atom. The minimum atomic E-state index is -3.83. The number of benzene rings is 2. The molecule has 0 aromatic heterocycles. The highest BCUT2D eigenvalue weighted by Gasteiger charge is 2.30. The monoisotopic (exact) mass is 523 g/mol. The van der Waals surface area contributed by atoms with E-state index in [0.717, 1.165) is 16.1 Å². The maximum Gasteiger partial charge on any atom is 0.244 e. The van der Waals surface area contributed by atoms with Crippen LogP contribution in [0.4, 0.5) is 5.69 Å². The molecule has 0 aliphatic heterocycles. The van der Waals surface area contributed by atoms with Crippen molar-refractivity contribution in [3.8, 4) is 5.75 Å². The zero-order valence-corrected chi connectivity index (χ0v) is 22.4. The predicted octanol–water partition coefficient (Wildman–Crippen LogP) is 3.35. The number of methoxy groups -OCH3 is 1. The van der Waals surface area contributed by atoms with Gasteiger partial charge in [0.2, 0.25) is 21.8 Å². The van der Waals surface area contributed by atoms with Crippen LogP contribution >= 0.6 is 11.6 Å². The van der Waals surface area contributed by atoms with Gasteiger partial charge >= 0.3 is 0 Å². The van der Waals surface area contributed by atoms with E-state index in [9.17, 15) is 18.0 Å². The summed E-state index contributed by atoms with van der Waals surface area (Å²) >= 11 is 6.20. The molecule has 0 unspecified atom stereocenters. The van der Waals surface area contributed by atoms with Gasteiger partial charge in [0.25, 0.3) is 0 Å². The van der Waals surface area contributed by atoms with Gasteiger partial charge in [0.05, 0.1) is 24.1 Å². The third kappa shape index (κ3) is 8.43. The molecule has 192 valence electrons. The fourth-order valence-corrected chi connectivity index (χ4v) is 4.54. The fourth-order valence-electron chi connectivity index (χ4n) is 3.45. The Bertz CT molecular complexity index is 1110. The van der Waals surface area contributed by atoms with Crippen molar-refractivity contribution in [3.63, 3.8) is 0 Å². The summed E-state index contributed by atoms with van der Waals surface area (Å²) in [6.45, 7) is 5.86. The van der Waals surface area contributed by atoms with E-state index >= 15 is 0 Å². The molecular weight excluding hydrogens is 490 g/mol. The molecular formula is C25H34ClN3O5S. The number of hydrogen-bond donors (Lipinski definition) is 1. The lowest BCUT2D eigenvalue weighted by molar-refractivity contribution is -0.138. The quantitative estimate of drug-likeness (QED) is 0.460. The standard InChI is InChI=1S/C25H34ClN3O5S/c1-18(2)16-27-25(31)19(3)28(14-13-20-9-7-6-8-10-20)24(30)17-29(35(5,32)33)21-11-12-23(34-4)22(26)15-21/h6-12,15,18-19H,13-14,16-17H2,1-5H3,(H,27,31)/t19-/m0/s1. The van der Waals surface area contributed by atoms with E-state index in [2.05, 4.69) is 5.32 Å². The molecule has 0 saturated carbocycles. The number of nitrogens with zero attached hydrogens (tertiary/aromatic N) is 2. The molecule has 2 aromatic rings. The first-order valence-corrected chi connectivity index (χ1v) is 13.6. The highest BCUT2D eigenvalue weighted by Crippen LogP contribution is 2.30. The molecule has 0 fully saturated rings. The maximum atomic E-state index is 13.5. The van der Waals surface area contributed by atoms with Crippen LogP contribution in [0.15, 0.2) is 48.5 Å². The number of amides is 2. The van der Waals surface area contributed by atoms with Gasteiger partial charge < -0.3 is 15.0 Å². The molecule has 10 heteroatoms. The Balaban J connectivity index is 2.32. The Morgan fingerprint density at radius 2 is 1.74 bits per heavy atom. The van der Waals surface area contributed by atoms with Crippen molar-refractivity contribution >= 4 is 39.1 Å². The number of ether oxygens (including phenoxy) is 1. The molecule has 2 aromatic carbocycles. The van der Waals surface area contributed by atoms with Gasteiger partial charge in [0.1, 0.15) is 18.3 Å². The van der Waals surface area contributed by atoms with Gasteiger partial charge in [-0.3, -0.25) is 13.9 Å². The molecule has 0 radical (unpaired) electrons. The third-order valence-electron chi connectivity index (χ3n) is 5.44. The molecule has 1 N–H and O–H groups in total. The normalized spacial score (nSPS) is 12.2. The molecule has 0 aliphatic rings. The van der Waals surface area contributed by atoms with Crippen molar-refractivity contribution in [1.29, 1.82) is 0 Å². The Labute approximate surface area is 213 Å². The maximum absolute atomic E-state index is 13.5. The van der Waals surface area contributed by atoms with Gasteiger partial charge in [-0.2, -0.15) is 0 Å². The van der Waals surface area contributed by atoms with Gasteiger partial charge in [-0.15, -0.1) is 0 Å². The second-order valence-electron chi connectivity index (χ2n) is 8.73. The van der Waals surface area contributed by atoms with Gasteiger partial charge in [0.15, 0.2) is 0 Å². The van der Waals surface area contributed by atoms with Gasteiger partial charge in [0, 0.05) is 13.1 Å². The van der Waals surface area contributed by atoms with Crippen molar-refractivity contribution in [2.75, 3.05) is 37.3 Å². The van der Waals surface area contributed by atoms with Crippen LogP contribution in [0, 0.1) is 5.92 Å². The van der Waals surface area contributed by atoms with E-state index in [-0.39, 0.29) is 29.1 Å². The van der Waals surface area contributed by atoms with Crippen molar-refractivity contribution in [3.05, 3.63) is 59.1 Å². The Hall–Kier alpha value is -2.78.